The zero-order valence-corrected chi connectivity index (χ0v) is 12.3. The molecule has 1 aliphatic heterocycles. The van der Waals surface area contributed by atoms with E-state index < -0.39 is 0 Å². The van der Waals surface area contributed by atoms with Crippen LogP contribution >= 0.6 is 0 Å². The number of rotatable bonds is 2. The minimum absolute atomic E-state index is 0.0144. The second kappa shape index (κ2) is 5.33. The standard InChI is InChI=1S/C16H24N2O/c1-10(2)18-15(19)8-7-14(17)16(18)13-6-5-11(3)12(4)9-13/h5-6,9-10,14,16H,7-8,17H2,1-4H3. The number of hydrogen-bond acceptors (Lipinski definition) is 2. The van der Waals surface area contributed by atoms with Gasteiger partial charge < -0.3 is 10.6 Å². The van der Waals surface area contributed by atoms with Crippen molar-refractivity contribution in [2.75, 3.05) is 0 Å². The van der Waals surface area contributed by atoms with E-state index in [0.717, 1.165) is 12.0 Å². The van der Waals surface area contributed by atoms with Crippen LogP contribution in [-0.4, -0.2) is 22.9 Å². The highest BCUT2D eigenvalue weighted by atomic mass is 16.2. The van der Waals surface area contributed by atoms with Gasteiger partial charge >= 0.3 is 0 Å². The molecule has 0 radical (unpaired) electrons. The number of amides is 1. The van der Waals surface area contributed by atoms with Crippen LogP contribution in [0.5, 0.6) is 0 Å². The van der Waals surface area contributed by atoms with Crippen molar-refractivity contribution in [3.8, 4) is 0 Å². The molecule has 2 unspecified atom stereocenters. The lowest BCUT2D eigenvalue weighted by Crippen LogP contribution is -2.51. The van der Waals surface area contributed by atoms with Crippen LogP contribution in [0.25, 0.3) is 0 Å². The Morgan fingerprint density at radius 1 is 1.26 bits per heavy atom. The van der Waals surface area contributed by atoms with Gasteiger partial charge in [0, 0.05) is 18.5 Å². The smallest absolute Gasteiger partial charge is 0.223 e. The molecule has 3 heteroatoms. The maximum atomic E-state index is 12.2. The number of hydrogen-bond donors (Lipinski definition) is 1. The van der Waals surface area contributed by atoms with Gasteiger partial charge in [-0.05, 0) is 50.8 Å². The van der Waals surface area contributed by atoms with Gasteiger partial charge in [-0.3, -0.25) is 4.79 Å². The topological polar surface area (TPSA) is 46.3 Å². The molecular weight excluding hydrogens is 236 g/mol. The van der Waals surface area contributed by atoms with Crippen molar-refractivity contribution < 1.29 is 4.79 Å². The Balaban J connectivity index is 2.42. The molecule has 0 bridgehead atoms. The first kappa shape index (κ1) is 14.1. The molecule has 1 heterocycles. The molecule has 0 spiro atoms. The minimum atomic E-state index is 0.0144. The maximum Gasteiger partial charge on any atom is 0.223 e. The quantitative estimate of drug-likeness (QED) is 0.888. The lowest BCUT2D eigenvalue weighted by molar-refractivity contribution is -0.139. The number of likely N-dealkylation sites (tertiary alicyclic amines) is 1. The average Bonchev–Trinajstić information content (AvgIpc) is 2.35. The summed E-state index contributed by atoms with van der Waals surface area (Å²) in [6.07, 6.45) is 1.35. The van der Waals surface area contributed by atoms with Gasteiger partial charge in [-0.2, -0.15) is 0 Å². The van der Waals surface area contributed by atoms with Gasteiger partial charge in [0.1, 0.15) is 0 Å². The third-order valence-corrected chi connectivity index (χ3v) is 4.11. The van der Waals surface area contributed by atoms with Gasteiger partial charge in [-0.1, -0.05) is 18.2 Å². The maximum absolute atomic E-state index is 12.2. The highest BCUT2D eigenvalue weighted by molar-refractivity contribution is 5.78. The summed E-state index contributed by atoms with van der Waals surface area (Å²) in [7, 11) is 0. The van der Waals surface area contributed by atoms with Gasteiger partial charge in [0.15, 0.2) is 0 Å². The number of nitrogens with zero attached hydrogens (tertiary/aromatic N) is 1. The fraction of sp³-hybridized carbons (Fsp3) is 0.562. The van der Waals surface area contributed by atoms with E-state index in [-0.39, 0.29) is 24.0 Å². The molecule has 1 aromatic rings. The van der Waals surface area contributed by atoms with Crippen molar-refractivity contribution >= 4 is 5.91 Å². The largest absolute Gasteiger partial charge is 0.332 e. The normalized spacial score (nSPS) is 24.1. The van der Waals surface area contributed by atoms with Crippen LogP contribution in [0.3, 0.4) is 0 Å². The van der Waals surface area contributed by atoms with Crippen LogP contribution in [0.1, 0.15) is 49.4 Å². The Hall–Kier alpha value is -1.35. The predicted octanol–water partition coefficient (Wildman–Crippen LogP) is 2.70. The van der Waals surface area contributed by atoms with Gasteiger partial charge in [0.05, 0.1) is 6.04 Å². The van der Waals surface area contributed by atoms with Crippen molar-refractivity contribution in [2.45, 2.75) is 58.7 Å². The van der Waals surface area contributed by atoms with Crippen molar-refractivity contribution in [1.82, 2.24) is 4.90 Å². The summed E-state index contributed by atoms with van der Waals surface area (Å²) in [5.41, 5.74) is 9.99. The van der Waals surface area contributed by atoms with Crippen LogP contribution in [0.4, 0.5) is 0 Å². The Morgan fingerprint density at radius 3 is 2.53 bits per heavy atom. The Bertz CT molecular complexity index is 482. The van der Waals surface area contributed by atoms with Gasteiger partial charge in [0.2, 0.25) is 5.91 Å². The monoisotopic (exact) mass is 260 g/mol. The molecule has 0 aromatic heterocycles. The van der Waals surface area contributed by atoms with E-state index in [0.29, 0.717) is 6.42 Å². The number of piperidine rings is 1. The first-order valence-corrected chi connectivity index (χ1v) is 7.05. The van der Waals surface area contributed by atoms with Crippen LogP contribution in [0, 0.1) is 13.8 Å². The van der Waals surface area contributed by atoms with Gasteiger partial charge in [0.25, 0.3) is 0 Å². The SMILES string of the molecule is Cc1ccc(C2C(N)CCC(=O)N2C(C)C)cc1C. The molecule has 3 nitrogen and oxygen atoms in total. The molecule has 19 heavy (non-hydrogen) atoms. The molecule has 0 aliphatic carbocycles. The summed E-state index contributed by atoms with van der Waals surface area (Å²) in [5.74, 6) is 0.222. The fourth-order valence-corrected chi connectivity index (χ4v) is 2.90. The van der Waals surface area contributed by atoms with Gasteiger partial charge in [-0.25, -0.2) is 0 Å². The molecule has 2 N–H and O–H groups in total. The van der Waals surface area contributed by atoms with E-state index >= 15 is 0 Å². The van der Waals surface area contributed by atoms with Crippen LogP contribution in [0.2, 0.25) is 0 Å². The average molecular weight is 260 g/mol. The second-order valence-corrected chi connectivity index (χ2v) is 5.89. The van der Waals surface area contributed by atoms with Gasteiger partial charge in [-0.15, -0.1) is 0 Å². The number of carbonyl (C=O) groups excluding carboxylic acids is 1. The third-order valence-electron chi connectivity index (χ3n) is 4.11. The zero-order chi connectivity index (χ0) is 14.2. The highest BCUT2D eigenvalue weighted by Crippen LogP contribution is 2.33. The van der Waals surface area contributed by atoms with Crippen LogP contribution in [0.15, 0.2) is 18.2 Å². The first-order valence-electron chi connectivity index (χ1n) is 7.05. The molecule has 2 rings (SSSR count). The lowest BCUT2D eigenvalue weighted by Gasteiger charge is -2.42. The van der Waals surface area contributed by atoms with E-state index in [1.54, 1.807) is 0 Å². The summed E-state index contributed by atoms with van der Waals surface area (Å²) >= 11 is 0. The van der Waals surface area contributed by atoms with Crippen molar-refractivity contribution in [3.63, 3.8) is 0 Å². The number of aryl methyl sites for hydroxylation is 2. The fourth-order valence-electron chi connectivity index (χ4n) is 2.90. The Kier molecular flexibility index (Phi) is 3.95. The Morgan fingerprint density at radius 2 is 1.95 bits per heavy atom. The summed E-state index contributed by atoms with van der Waals surface area (Å²) in [5, 5.41) is 0. The number of nitrogens with two attached hydrogens (primary N) is 1. The molecule has 0 saturated carbocycles. The molecule has 1 aromatic carbocycles. The van der Waals surface area contributed by atoms with E-state index in [9.17, 15) is 4.79 Å². The van der Waals surface area contributed by atoms with E-state index in [4.69, 9.17) is 5.73 Å². The summed E-state index contributed by atoms with van der Waals surface area (Å²) < 4.78 is 0. The van der Waals surface area contributed by atoms with Crippen molar-refractivity contribution in [2.24, 2.45) is 5.73 Å². The predicted molar refractivity (Wildman–Crippen MR) is 77.8 cm³/mol. The van der Waals surface area contributed by atoms with Crippen molar-refractivity contribution in [3.05, 3.63) is 34.9 Å². The molecule has 1 saturated heterocycles. The van der Waals surface area contributed by atoms with E-state index in [1.165, 1.54) is 11.1 Å². The first-order chi connectivity index (χ1) is 8.91. The zero-order valence-electron chi connectivity index (χ0n) is 12.3. The molecule has 2 atom stereocenters. The third kappa shape index (κ3) is 2.66. The molecular formula is C16H24N2O. The summed E-state index contributed by atoms with van der Waals surface area (Å²) in [4.78, 5) is 14.1. The molecule has 1 aliphatic rings. The van der Waals surface area contributed by atoms with E-state index in [2.05, 4.69) is 45.9 Å². The molecule has 1 amide bonds. The van der Waals surface area contributed by atoms with Crippen molar-refractivity contribution in [1.29, 1.82) is 0 Å². The van der Waals surface area contributed by atoms with E-state index in [1.807, 2.05) is 4.90 Å². The highest BCUT2D eigenvalue weighted by Gasteiger charge is 2.36. The summed E-state index contributed by atoms with van der Waals surface area (Å²) in [6, 6.07) is 6.64. The van der Waals surface area contributed by atoms with Crippen LogP contribution < -0.4 is 5.73 Å². The Labute approximate surface area is 115 Å². The molecule has 1 fully saturated rings. The van der Waals surface area contributed by atoms with Crippen LogP contribution in [-0.2, 0) is 4.79 Å². The number of carbonyl (C=O) groups is 1. The lowest BCUT2D eigenvalue weighted by atomic mass is 9.88. The second-order valence-electron chi connectivity index (χ2n) is 5.89. The molecule has 104 valence electrons. The summed E-state index contributed by atoms with van der Waals surface area (Å²) in [6.45, 7) is 8.33. The minimum Gasteiger partial charge on any atom is -0.332 e. The number of benzene rings is 1.